The van der Waals surface area contributed by atoms with Gasteiger partial charge in [0.15, 0.2) is 6.10 Å². The summed E-state index contributed by atoms with van der Waals surface area (Å²) in [6, 6.07) is 0. The SMILES string of the molecule is CC/C=C\C/C=C\C/C=C\C/C=C\C/C=C\C/C=C\CCC(=O)OC[C@H](COC(=O)CCCCCCC/C=C\CCCC)OC(=O)CCCC/C=C\C/C=C\C/C=C\C/C=C\CC. The van der Waals surface area contributed by atoms with E-state index in [0.717, 1.165) is 109 Å². The third-order valence-electron chi connectivity index (χ3n) is 9.63. The Balaban J connectivity index is 4.59. The zero-order valence-electron chi connectivity index (χ0n) is 40.0. The van der Waals surface area contributed by atoms with Crippen LogP contribution >= 0.6 is 0 Å². The van der Waals surface area contributed by atoms with Crippen molar-refractivity contribution in [2.45, 2.75) is 194 Å². The Kier molecular flexibility index (Phi) is 46.7. The normalized spacial score (nSPS) is 13.3. The smallest absolute Gasteiger partial charge is 0.306 e. The van der Waals surface area contributed by atoms with Crippen molar-refractivity contribution in [2.24, 2.45) is 0 Å². The van der Waals surface area contributed by atoms with Crippen molar-refractivity contribution in [3.63, 3.8) is 0 Å². The highest BCUT2D eigenvalue weighted by atomic mass is 16.6. The lowest BCUT2D eigenvalue weighted by molar-refractivity contribution is -0.166. The van der Waals surface area contributed by atoms with Crippen LogP contribution in [0.2, 0.25) is 0 Å². The van der Waals surface area contributed by atoms with E-state index < -0.39 is 6.10 Å². The van der Waals surface area contributed by atoms with Crippen molar-refractivity contribution in [1.82, 2.24) is 0 Å². The van der Waals surface area contributed by atoms with E-state index in [-0.39, 0.29) is 44.0 Å². The fraction of sp³-hybridized carbons (Fsp3) is 0.561. The summed E-state index contributed by atoms with van der Waals surface area (Å²) in [5.74, 6) is -1.08. The van der Waals surface area contributed by atoms with Crippen LogP contribution in [0, 0.1) is 0 Å². The average Bonchev–Trinajstić information content (AvgIpc) is 3.28. The van der Waals surface area contributed by atoms with E-state index in [4.69, 9.17) is 14.2 Å². The van der Waals surface area contributed by atoms with Crippen LogP contribution in [0.5, 0.6) is 0 Å². The molecule has 0 amide bonds. The van der Waals surface area contributed by atoms with Gasteiger partial charge in [0.05, 0.1) is 0 Å². The predicted octanol–water partition coefficient (Wildman–Crippen LogP) is 16.3. The van der Waals surface area contributed by atoms with Crippen LogP contribution in [-0.4, -0.2) is 37.2 Å². The summed E-state index contributed by atoms with van der Waals surface area (Å²) in [6.45, 7) is 6.23. The van der Waals surface area contributed by atoms with E-state index >= 15 is 0 Å². The maximum Gasteiger partial charge on any atom is 0.306 e. The molecule has 0 radical (unpaired) electrons. The number of unbranched alkanes of at least 4 members (excludes halogenated alkanes) is 9. The van der Waals surface area contributed by atoms with Gasteiger partial charge in [0.1, 0.15) is 13.2 Å². The molecule has 0 spiro atoms. The Labute approximate surface area is 385 Å². The summed E-state index contributed by atoms with van der Waals surface area (Å²) in [5, 5.41) is 0. The maximum atomic E-state index is 12.8. The van der Waals surface area contributed by atoms with Gasteiger partial charge in [0.2, 0.25) is 0 Å². The van der Waals surface area contributed by atoms with Gasteiger partial charge in [-0.1, -0.05) is 187 Å². The Morgan fingerprint density at radius 1 is 0.333 bits per heavy atom. The minimum Gasteiger partial charge on any atom is -0.462 e. The first-order valence-electron chi connectivity index (χ1n) is 24.7. The van der Waals surface area contributed by atoms with Crippen LogP contribution in [0.3, 0.4) is 0 Å². The molecule has 63 heavy (non-hydrogen) atoms. The van der Waals surface area contributed by atoms with Gasteiger partial charge in [-0.05, 0) is 116 Å². The van der Waals surface area contributed by atoms with Crippen LogP contribution < -0.4 is 0 Å². The molecular formula is C57H88O6. The third kappa shape index (κ3) is 48.4. The molecular weight excluding hydrogens is 781 g/mol. The quantitative estimate of drug-likeness (QED) is 0.0263. The van der Waals surface area contributed by atoms with Crippen molar-refractivity contribution in [1.29, 1.82) is 0 Å². The molecule has 0 bridgehead atoms. The number of carbonyl (C=O) groups is 3. The molecule has 6 heteroatoms. The number of esters is 3. The Morgan fingerprint density at radius 3 is 1.11 bits per heavy atom. The van der Waals surface area contributed by atoms with Gasteiger partial charge in [-0.2, -0.15) is 0 Å². The van der Waals surface area contributed by atoms with Gasteiger partial charge in [-0.15, -0.1) is 0 Å². The van der Waals surface area contributed by atoms with Crippen molar-refractivity contribution in [3.8, 4) is 0 Å². The molecule has 0 N–H and O–H groups in total. The number of hydrogen-bond acceptors (Lipinski definition) is 6. The van der Waals surface area contributed by atoms with Crippen LogP contribution in [0.4, 0.5) is 0 Å². The molecule has 0 aromatic rings. The predicted molar refractivity (Wildman–Crippen MR) is 269 cm³/mol. The summed E-state index contributed by atoms with van der Waals surface area (Å²) in [6.07, 6.45) is 70.2. The number of carbonyl (C=O) groups excluding carboxylic acids is 3. The highest BCUT2D eigenvalue weighted by molar-refractivity contribution is 5.71. The second-order valence-corrected chi connectivity index (χ2v) is 15.6. The summed E-state index contributed by atoms with van der Waals surface area (Å²) in [4.78, 5) is 37.8. The first-order chi connectivity index (χ1) is 31.0. The molecule has 0 aromatic heterocycles. The zero-order chi connectivity index (χ0) is 45.8. The van der Waals surface area contributed by atoms with Gasteiger partial charge in [0, 0.05) is 19.3 Å². The molecule has 0 aliphatic heterocycles. The second kappa shape index (κ2) is 50.2. The van der Waals surface area contributed by atoms with E-state index in [2.05, 4.69) is 142 Å². The van der Waals surface area contributed by atoms with E-state index in [0.29, 0.717) is 19.3 Å². The van der Waals surface area contributed by atoms with E-state index in [1.54, 1.807) is 0 Å². The van der Waals surface area contributed by atoms with Crippen LogP contribution in [0.1, 0.15) is 188 Å². The molecule has 0 saturated heterocycles. The summed E-state index contributed by atoms with van der Waals surface area (Å²) >= 11 is 0. The molecule has 6 nitrogen and oxygen atoms in total. The number of hydrogen-bond donors (Lipinski definition) is 0. The summed E-state index contributed by atoms with van der Waals surface area (Å²) < 4.78 is 16.6. The molecule has 0 aliphatic carbocycles. The van der Waals surface area contributed by atoms with E-state index in [9.17, 15) is 14.4 Å². The first-order valence-corrected chi connectivity index (χ1v) is 24.7. The van der Waals surface area contributed by atoms with Gasteiger partial charge in [-0.25, -0.2) is 0 Å². The van der Waals surface area contributed by atoms with Crippen molar-refractivity contribution in [2.75, 3.05) is 13.2 Å². The fourth-order valence-electron chi connectivity index (χ4n) is 5.97. The number of allylic oxidation sites excluding steroid dienone is 22. The van der Waals surface area contributed by atoms with Crippen molar-refractivity contribution < 1.29 is 28.6 Å². The zero-order valence-corrected chi connectivity index (χ0v) is 40.0. The molecule has 0 rings (SSSR count). The minimum atomic E-state index is -0.837. The lowest BCUT2D eigenvalue weighted by atomic mass is 10.1. The van der Waals surface area contributed by atoms with Crippen molar-refractivity contribution in [3.05, 3.63) is 134 Å². The second-order valence-electron chi connectivity index (χ2n) is 15.6. The standard InChI is InChI=1S/C57H88O6/c1-4-7-10-13-16-19-22-24-26-27-28-29-31-32-35-38-41-44-47-50-56(59)62-53-54(52-61-55(58)49-46-43-40-37-34-21-18-15-12-9-6-3)63-57(60)51-48-45-42-39-36-33-30-25-23-20-17-14-11-8-5-2/h7-8,10-11,15-20,24-26,28-30,32,35-36,39,41,44,54H,4-6,9,12-14,21-23,27,31,33-34,37-38,40,42-43,45-53H2,1-3H3/b10-7-,11-8-,18-15-,19-16-,20-17-,26-24-,29-28-,30-25-,35-32-,39-36-,44-41-/t54-/m0/s1. The Hall–Kier alpha value is -4.45. The topological polar surface area (TPSA) is 78.9 Å². The maximum absolute atomic E-state index is 12.8. The minimum absolute atomic E-state index is 0.128. The highest BCUT2D eigenvalue weighted by Crippen LogP contribution is 2.11. The van der Waals surface area contributed by atoms with Crippen molar-refractivity contribution >= 4 is 17.9 Å². The molecule has 0 aliphatic rings. The molecule has 0 fully saturated rings. The van der Waals surface area contributed by atoms with Gasteiger partial charge >= 0.3 is 17.9 Å². The molecule has 0 aromatic carbocycles. The number of rotatable bonds is 42. The molecule has 1 atom stereocenters. The van der Waals surface area contributed by atoms with Gasteiger partial charge in [-0.3, -0.25) is 14.4 Å². The molecule has 352 valence electrons. The monoisotopic (exact) mass is 869 g/mol. The Morgan fingerprint density at radius 2 is 0.651 bits per heavy atom. The fourth-order valence-corrected chi connectivity index (χ4v) is 5.97. The highest BCUT2D eigenvalue weighted by Gasteiger charge is 2.19. The summed E-state index contributed by atoms with van der Waals surface area (Å²) in [7, 11) is 0. The molecule has 0 unspecified atom stereocenters. The van der Waals surface area contributed by atoms with E-state index in [1.807, 2.05) is 12.2 Å². The number of ether oxygens (including phenoxy) is 3. The average molecular weight is 869 g/mol. The summed E-state index contributed by atoms with van der Waals surface area (Å²) in [5.41, 5.74) is 0. The van der Waals surface area contributed by atoms with Gasteiger partial charge < -0.3 is 14.2 Å². The molecule has 0 saturated carbocycles. The van der Waals surface area contributed by atoms with Crippen LogP contribution in [0.15, 0.2) is 134 Å². The van der Waals surface area contributed by atoms with Gasteiger partial charge in [0.25, 0.3) is 0 Å². The van der Waals surface area contributed by atoms with Crippen LogP contribution in [0.25, 0.3) is 0 Å². The molecule has 0 heterocycles. The van der Waals surface area contributed by atoms with Crippen LogP contribution in [-0.2, 0) is 28.6 Å². The largest absolute Gasteiger partial charge is 0.462 e. The first kappa shape index (κ1) is 58.6. The van der Waals surface area contributed by atoms with E-state index in [1.165, 1.54) is 25.7 Å². The third-order valence-corrected chi connectivity index (χ3v) is 9.63. The lowest BCUT2D eigenvalue weighted by Gasteiger charge is -2.18. The lowest BCUT2D eigenvalue weighted by Crippen LogP contribution is -2.30. The Bertz CT molecular complexity index is 1420.